The molecule has 0 aliphatic carbocycles. The minimum atomic E-state index is 0.670. The maximum Gasteiger partial charge on any atom is 0.0626 e. The van der Waals surface area contributed by atoms with Gasteiger partial charge in [-0.1, -0.05) is 12.1 Å². The second-order valence-electron chi connectivity index (χ2n) is 2.13. The van der Waals surface area contributed by atoms with E-state index in [1.165, 1.54) is 0 Å². The van der Waals surface area contributed by atoms with Crippen LogP contribution in [0.5, 0.6) is 0 Å². The van der Waals surface area contributed by atoms with Gasteiger partial charge in [0.15, 0.2) is 0 Å². The van der Waals surface area contributed by atoms with E-state index in [0.717, 1.165) is 12.1 Å². The van der Waals surface area contributed by atoms with Crippen molar-refractivity contribution in [1.29, 1.82) is 0 Å². The number of pyridine rings is 1. The first-order valence-corrected chi connectivity index (χ1v) is 4.10. The molecule has 11 heavy (non-hydrogen) atoms. The van der Waals surface area contributed by atoms with Gasteiger partial charge in [0, 0.05) is 12.1 Å². The number of hydrogen-bond acceptors (Lipinski definition) is 1. The lowest BCUT2D eigenvalue weighted by Crippen LogP contribution is -1.76. The van der Waals surface area contributed by atoms with Crippen molar-refractivity contribution in [2.45, 2.75) is 6.42 Å². The first-order valence-electron chi connectivity index (χ1n) is 3.57. The smallest absolute Gasteiger partial charge is 0.0626 e. The largest absolute Gasteiger partial charge is 0.257 e. The molecule has 0 spiro atoms. The van der Waals surface area contributed by atoms with Gasteiger partial charge < -0.3 is 0 Å². The van der Waals surface area contributed by atoms with Crippen LogP contribution in [-0.2, 0) is 0 Å². The summed E-state index contributed by atoms with van der Waals surface area (Å²) in [4.78, 5) is 4.12. The van der Waals surface area contributed by atoms with Crippen molar-refractivity contribution in [2.75, 3.05) is 5.88 Å². The van der Waals surface area contributed by atoms with Crippen LogP contribution >= 0.6 is 11.6 Å². The summed E-state index contributed by atoms with van der Waals surface area (Å²) in [5.41, 5.74) is 0.984. The summed E-state index contributed by atoms with van der Waals surface area (Å²) in [5.74, 6) is 0.670. The minimum absolute atomic E-state index is 0.670. The second kappa shape index (κ2) is 4.91. The molecular weight excluding hydrogens is 158 g/mol. The summed E-state index contributed by atoms with van der Waals surface area (Å²) in [6, 6.07) is 5.83. The number of hydrogen-bond donors (Lipinski definition) is 0. The molecular formula is C9H10ClN. The van der Waals surface area contributed by atoms with Crippen molar-refractivity contribution < 1.29 is 0 Å². The van der Waals surface area contributed by atoms with E-state index in [1.807, 2.05) is 30.4 Å². The standard InChI is InChI=1S/C9H10ClN/c10-7-3-1-5-9-6-2-4-8-11-9/h1-2,4-6,8H,3,7H2. The van der Waals surface area contributed by atoms with Gasteiger partial charge in [-0.2, -0.15) is 0 Å². The van der Waals surface area contributed by atoms with Gasteiger partial charge in [0.1, 0.15) is 0 Å². The Morgan fingerprint density at radius 2 is 2.36 bits per heavy atom. The van der Waals surface area contributed by atoms with Crippen LogP contribution in [0.1, 0.15) is 12.1 Å². The van der Waals surface area contributed by atoms with Crippen molar-refractivity contribution in [1.82, 2.24) is 4.98 Å². The molecule has 1 rings (SSSR count). The van der Waals surface area contributed by atoms with Gasteiger partial charge in [-0.15, -0.1) is 11.6 Å². The predicted molar refractivity (Wildman–Crippen MR) is 48.6 cm³/mol. The molecule has 0 saturated heterocycles. The van der Waals surface area contributed by atoms with Crippen molar-refractivity contribution in [3.8, 4) is 0 Å². The lowest BCUT2D eigenvalue weighted by atomic mass is 10.3. The van der Waals surface area contributed by atoms with E-state index in [9.17, 15) is 0 Å². The Morgan fingerprint density at radius 1 is 1.45 bits per heavy atom. The van der Waals surface area contributed by atoms with Crippen molar-refractivity contribution in [3.63, 3.8) is 0 Å². The van der Waals surface area contributed by atoms with Gasteiger partial charge in [-0.05, 0) is 24.6 Å². The zero-order valence-corrected chi connectivity index (χ0v) is 6.96. The van der Waals surface area contributed by atoms with Gasteiger partial charge >= 0.3 is 0 Å². The first kappa shape index (κ1) is 8.28. The SMILES string of the molecule is ClCCC=Cc1ccccn1. The van der Waals surface area contributed by atoms with E-state index in [-0.39, 0.29) is 0 Å². The highest BCUT2D eigenvalue weighted by atomic mass is 35.5. The van der Waals surface area contributed by atoms with Gasteiger partial charge in [0.25, 0.3) is 0 Å². The van der Waals surface area contributed by atoms with E-state index in [0.29, 0.717) is 5.88 Å². The Labute approximate surface area is 71.7 Å². The lowest BCUT2D eigenvalue weighted by molar-refractivity contribution is 1.23. The molecule has 0 saturated carbocycles. The fourth-order valence-electron chi connectivity index (χ4n) is 0.742. The lowest BCUT2D eigenvalue weighted by Gasteiger charge is -1.88. The number of nitrogens with zero attached hydrogens (tertiary/aromatic N) is 1. The van der Waals surface area contributed by atoms with E-state index < -0.39 is 0 Å². The normalized spacial score (nSPS) is 10.6. The van der Waals surface area contributed by atoms with Crippen molar-refractivity contribution >= 4 is 17.7 Å². The molecule has 0 aliphatic rings. The van der Waals surface area contributed by atoms with Crippen LogP contribution in [0.15, 0.2) is 30.5 Å². The number of rotatable bonds is 3. The second-order valence-corrected chi connectivity index (χ2v) is 2.51. The van der Waals surface area contributed by atoms with Crippen LogP contribution in [0.4, 0.5) is 0 Å². The maximum absolute atomic E-state index is 5.50. The van der Waals surface area contributed by atoms with Crippen LogP contribution in [0, 0.1) is 0 Å². The zero-order valence-electron chi connectivity index (χ0n) is 6.20. The number of aromatic nitrogens is 1. The monoisotopic (exact) mass is 167 g/mol. The molecule has 58 valence electrons. The molecule has 0 aliphatic heterocycles. The number of alkyl halides is 1. The number of halogens is 1. The van der Waals surface area contributed by atoms with Gasteiger partial charge in [0.05, 0.1) is 5.69 Å². The fraction of sp³-hybridized carbons (Fsp3) is 0.222. The Morgan fingerprint density at radius 3 is 3.00 bits per heavy atom. The topological polar surface area (TPSA) is 12.9 Å². The number of allylic oxidation sites excluding steroid dienone is 1. The summed E-state index contributed by atoms with van der Waals surface area (Å²) >= 11 is 5.50. The Balaban J connectivity index is 2.50. The van der Waals surface area contributed by atoms with Crippen LogP contribution in [0.3, 0.4) is 0 Å². The summed E-state index contributed by atoms with van der Waals surface area (Å²) < 4.78 is 0. The van der Waals surface area contributed by atoms with Gasteiger partial charge in [-0.3, -0.25) is 4.98 Å². The minimum Gasteiger partial charge on any atom is -0.257 e. The average Bonchev–Trinajstić information content (AvgIpc) is 2.07. The quantitative estimate of drug-likeness (QED) is 0.631. The van der Waals surface area contributed by atoms with Crippen LogP contribution in [0.2, 0.25) is 0 Å². The van der Waals surface area contributed by atoms with Gasteiger partial charge in [-0.25, -0.2) is 0 Å². The molecule has 0 unspecified atom stereocenters. The third-order valence-corrected chi connectivity index (χ3v) is 1.47. The van der Waals surface area contributed by atoms with E-state index >= 15 is 0 Å². The highest BCUT2D eigenvalue weighted by molar-refractivity contribution is 6.17. The Kier molecular flexibility index (Phi) is 3.70. The summed E-state index contributed by atoms with van der Waals surface area (Å²) in [5, 5.41) is 0. The maximum atomic E-state index is 5.50. The molecule has 0 aromatic carbocycles. The van der Waals surface area contributed by atoms with E-state index in [1.54, 1.807) is 6.20 Å². The summed E-state index contributed by atoms with van der Waals surface area (Å²) in [7, 11) is 0. The molecule has 0 atom stereocenters. The van der Waals surface area contributed by atoms with E-state index in [2.05, 4.69) is 4.98 Å². The Hall–Kier alpha value is -0.820. The highest BCUT2D eigenvalue weighted by Gasteiger charge is 1.82. The summed E-state index contributed by atoms with van der Waals surface area (Å²) in [6.07, 6.45) is 6.68. The molecule has 1 aromatic rings. The molecule has 1 aromatic heterocycles. The van der Waals surface area contributed by atoms with Crippen LogP contribution in [-0.4, -0.2) is 10.9 Å². The molecule has 0 bridgehead atoms. The van der Waals surface area contributed by atoms with Gasteiger partial charge in [0.2, 0.25) is 0 Å². The fourth-order valence-corrected chi connectivity index (χ4v) is 0.868. The molecule has 0 amide bonds. The molecule has 0 radical (unpaired) electrons. The van der Waals surface area contributed by atoms with E-state index in [4.69, 9.17) is 11.6 Å². The van der Waals surface area contributed by atoms with Crippen LogP contribution in [0.25, 0.3) is 6.08 Å². The predicted octanol–water partition coefficient (Wildman–Crippen LogP) is 2.72. The Bertz CT molecular complexity index is 218. The third-order valence-electron chi connectivity index (χ3n) is 1.25. The molecule has 0 fully saturated rings. The van der Waals surface area contributed by atoms with Crippen molar-refractivity contribution in [2.24, 2.45) is 0 Å². The molecule has 1 heterocycles. The van der Waals surface area contributed by atoms with Crippen LogP contribution < -0.4 is 0 Å². The average molecular weight is 168 g/mol. The van der Waals surface area contributed by atoms with Crippen molar-refractivity contribution in [3.05, 3.63) is 36.2 Å². The highest BCUT2D eigenvalue weighted by Crippen LogP contribution is 1.97. The summed E-state index contributed by atoms with van der Waals surface area (Å²) in [6.45, 7) is 0. The molecule has 2 heteroatoms. The third kappa shape index (κ3) is 3.19. The first-order chi connectivity index (χ1) is 5.43. The molecule has 1 nitrogen and oxygen atoms in total. The molecule has 0 N–H and O–H groups in total. The zero-order chi connectivity index (χ0) is 7.94.